The molecule has 0 bridgehead atoms. The average Bonchev–Trinajstić information content (AvgIpc) is 2.69. The van der Waals surface area contributed by atoms with Gasteiger partial charge in [-0.3, -0.25) is 4.79 Å². The number of benzene rings is 1. The minimum Gasteiger partial charge on any atom is -0.497 e. The van der Waals surface area contributed by atoms with Crippen LogP contribution in [0.4, 0.5) is 0 Å². The van der Waals surface area contributed by atoms with Crippen molar-refractivity contribution < 1.29 is 23.7 Å². The van der Waals surface area contributed by atoms with E-state index in [2.05, 4.69) is 0 Å². The lowest BCUT2D eigenvalue weighted by Gasteiger charge is -2.49. The molecule has 2 fully saturated rings. The van der Waals surface area contributed by atoms with Gasteiger partial charge in [-0.25, -0.2) is 0 Å². The van der Waals surface area contributed by atoms with Crippen molar-refractivity contribution >= 4 is 5.91 Å². The van der Waals surface area contributed by atoms with Gasteiger partial charge in [0.2, 0.25) is 5.91 Å². The number of methoxy groups -OCH3 is 1. The second-order valence-corrected chi connectivity index (χ2v) is 6.94. The number of amides is 1. The summed E-state index contributed by atoms with van der Waals surface area (Å²) in [6, 6.07) is 7.83. The van der Waals surface area contributed by atoms with Gasteiger partial charge in [0, 0.05) is 32.8 Å². The second-order valence-electron chi connectivity index (χ2n) is 6.94. The van der Waals surface area contributed by atoms with Gasteiger partial charge in [-0.05, 0) is 37.0 Å². The number of nitrogens with zero attached hydrogens (tertiary/aromatic N) is 1. The van der Waals surface area contributed by atoms with Crippen LogP contribution in [0.5, 0.6) is 5.75 Å². The minimum atomic E-state index is -0.155. The Bertz CT molecular complexity index is 560. The molecule has 0 N–H and O–H groups in total. The zero-order chi connectivity index (χ0) is 18.2. The molecule has 0 unspecified atom stereocenters. The Hall–Kier alpha value is -1.63. The van der Waals surface area contributed by atoms with E-state index < -0.39 is 0 Å². The summed E-state index contributed by atoms with van der Waals surface area (Å²) in [5.74, 6) is 1.05. The van der Waals surface area contributed by atoms with Crippen molar-refractivity contribution in [1.29, 1.82) is 0 Å². The molecule has 1 spiro atoms. The van der Waals surface area contributed by atoms with E-state index in [-0.39, 0.29) is 11.4 Å². The molecule has 2 heterocycles. The number of carbonyl (C=O) groups excluding carboxylic acids is 1. The Morgan fingerprint density at radius 2 is 1.92 bits per heavy atom. The number of rotatable bonds is 7. The first kappa shape index (κ1) is 19.1. The Labute approximate surface area is 155 Å². The highest BCUT2D eigenvalue weighted by Crippen LogP contribution is 2.31. The number of morpholine rings is 1. The molecule has 3 rings (SSSR count). The standard InChI is InChI=1S/C20H29NO5/c1-23-18-6-4-17(5-7-18)15-25-11-2-3-19(22)21-10-14-26-16-20(21)8-12-24-13-9-20/h4-7H,2-3,8-16H2,1H3. The first-order chi connectivity index (χ1) is 12.7. The van der Waals surface area contributed by atoms with E-state index in [0.717, 1.165) is 30.6 Å². The van der Waals surface area contributed by atoms with Gasteiger partial charge in [0.25, 0.3) is 0 Å². The van der Waals surface area contributed by atoms with Gasteiger partial charge in [-0.2, -0.15) is 0 Å². The Morgan fingerprint density at radius 1 is 1.15 bits per heavy atom. The van der Waals surface area contributed by atoms with Crippen molar-refractivity contribution in [3.63, 3.8) is 0 Å². The van der Waals surface area contributed by atoms with E-state index in [9.17, 15) is 4.79 Å². The summed E-state index contributed by atoms with van der Waals surface area (Å²) in [5.41, 5.74) is 0.948. The van der Waals surface area contributed by atoms with E-state index >= 15 is 0 Å². The van der Waals surface area contributed by atoms with Crippen LogP contribution in [0.25, 0.3) is 0 Å². The van der Waals surface area contributed by atoms with Crippen LogP contribution in [-0.2, 0) is 25.6 Å². The van der Waals surface area contributed by atoms with E-state index in [4.69, 9.17) is 18.9 Å². The average molecular weight is 363 g/mol. The van der Waals surface area contributed by atoms with Crippen LogP contribution in [0.15, 0.2) is 24.3 Å². The summed E-state index contributed by atoms with van der Waals surface area (Å²) in [6.07, 6.45) is 2.99. The van der Waals surface area contributed by atoms with Gasteiger partial charge in [0.1, 0.15) is 5.75 Å². The van der Waals surface area contributed by atoms with Gasteiger partial charge in [-0.1, -0.05) is 12.1 Å². The predicted octanol–water partition coefficient (Wildman–Crippen LogP) is 2.40. The Balaban J connectivity index is 1.40. The molecule has 6 heteroatoms. The maximum atomic E-state index is 12.7. The molecule has 0 aromatic heterocycles. The van der Waals surface area contributed by atoms with Crippen LogP contribution in [-0.4, -0.2) is 63.0 Å². The molecular weight excluding hydrogens is 334 g/mol. The molecular formula is C20H29NO5. The SMILES string of the molecule is COc1ccc(COCCCC(=O)N2CCOCC23CCOCC3)cc1. The monoisotopic (exact) mass is 363 g/mol. The second kappa shape index (κ2) is 9.35. The third-order valence-corrected chi connectivity index (χ3v) is 5.23. The highest BCUT2D eigenvalue weighted by Gasteiger charge is 2.43. The summed E-state index contributed by atoms with van der Waals surface area (Å²) in [7, 11) is 1.65. The predicted molar refractivity (Wildman–Crippen MR) is 97.2 cm³/mol. The van der Waals surface area contributed by atoms with Crippen molar-refractivity contribution in [3.8, 4) is 5.75 Å². The Morgan fingerprint density at radius 3 is 2.65 bits per heavy atom. The summed E-state index contributed by atoms with van der Waals surface area (Å²) in [5, 5.41) is 0. The number of hydrogen-bond acceptors (Lipinski definition) is 5. The number of carbonyl (C=O) groups is 1. The topological polar surface area (TPSA) is 57.2 Å². The van der Waals surface area contributed by atoms with Crippen LogP contribution in [0.1, 0.15) is 31.2 Å². The summed E-state index contributed by atoms with van der Waals surface area (Å²) in [4.78, 5) is 14.8. The third-order valence-electron chi connectivity index (χ3n) is 5.23. The quantitative estimate of drug-likeness (QED) is 0.696. The maximum Gasteiger partial charge on any atom is 0.223 e. The highest BCUT2D eigenvalue weighted by molar-refractivity contribution is 5.77. The first-order valence-electron chi connectivity index (χ1n) is 9.40. The molecule has 6 nitrogen and oxygen atoms in total. The van der Waals surface area contributed by atoms with Gasteiger partial charge < -0.3 is 23.8 Å². The lowest BCUT2D eigenvalue weighted by Crippen LogP contribution is -2.61. The molecule has 144 valence electrons. The van der Waals surface area contributed by atoms with Gasteiger partial charge in [0.15, 0.2) is 0 Å². The minimum absolute atomic E-state index is 0.155. The molecule has 0 aliphatic carbocycles. The molecule has 2 saturated heterocycles. The van der Waals surface area contributed by atoms with Crippen molar-refractivity contribution in [2.45, 2.75) is 37.8 Å². The van der Waals surface area contributed by atoms with Gasteiger partial charge in [0.05, 0.1) is 32.5 Å². The molecule has 0 atom stereocenters. The molecule has 0 radical (unpaired) electrons. The molecule has 1 aromatic carbocycles. The van der Waals surface area contributed by atoms with Crippen LogP contribution in [0, 0.1) is 0 Å². The molecule has 2 aliphatic rings. The lowest BCUT2D eigenvalue weighted by atomic mass is 9.87. The lowest BCUT2D eigenvalue weighted by molar-refractivity contribution is -0.159. The molecule has 0 saturated carbocycles. The molecule has 1 aromatic rings. The van der Waals surface area contributed by atoms with Gasteiger partial charge in [-0.15, -0.1) is 0 Å². The largest absolute Gasteiger partial charge is 0.497 e. The normalized spacial score (nSPS) is 19.5. The van der Waals surface area contributed by atoms with Gasteiger partial charge >= 0.3 is 0 Å². The number of ether oxygens (including phenoxy) is 4. The van der Waals surface area contributed by atoms with Crippen molar-refractivity contribution in [1.82, 2.24) is 4.90 Å². The first-order valence-corrected chi connectivity index (χ1v) is 9.40. The molecule has 1 amide bonds. The van der Waals surface area contributed by atoms with E-state index in [1.807, 2.05) is 29.2 Å². The summed E-state index contributed by atoms with van der Waals surface area (Å²) in [6.45, 7) is 4.50. The zero-order valence-corrected chi connectivity index (χ0v) is 15.6. The fourth-order valence-electron chi connectivity index (χ4n) is 3.66. The smallest absolute Gasteiger partial charge is 0.223 e. The van der Waals surface area contributed by atoms with Crippen LogP contribution < -0.4 is 4.74 Å². The summed E-state index contributed by atoms with van der Waals surface area (Å²) >= 11 is 0. The summed E-state index contributed by atoms with van der Waals surface area (Å²) < 4.78 is 22.0. The van der Waals surface area contributed by atoms with Crippen LogP contribution in [0.3, 0.4) is 0 Å². The molecule has 2 aliphatic heterocycles. The highest BCUT2D eigenvalue weighted by atomic mass is 16.5. The Kier molecular flexibility index (Phi) is 6.88. The van der Waals surface area contributed by atoms with Crippen molar-refractivity contribution in [3.05, 3.63) is 29.8 Å². The number of hydrogen-bond donors (Lipinski definition) is 0. The zero-order valence-electron chi connectivity index (χ0n) is 15.6. The van der Waals surface area contributed by atoms with Crippen LogP contribution in [0.2, 0.25) is 0 Å². The van der Waals surface area contributed by atoms with Crippen LogP contribution >= 0.6 is 0 Å². The molecule has 26 heavy (non-hydrogen) atoms. The van der Waals surface area contributed by atoms with Crippen molar-refractivity contribution in [2.24, 2.45) is 0 Å². The fraction of sp³-hybridized carbons (Fsp3) is 0.650. The van der Waals surface area contributed by atoms with Crippen molar-refractivity contribution in [2.75, 3.05) is 46.7 Å². The van der Waals surface area contributed by atoms with E-state index in [0.29, 0.717) is 52.6 Å². The van der Waals surface area contributed by atoms with E-state index in [1.54, 1.807) is 7.11 Å². The fourth-order valence-corrected chi connectivity index (χ4v) is 3.66. The van der Waals surface area contributed by atoms with E-state index in [1.165, 1.54) is 0 Å². The third kappa shape index (κ3) is 4.75. The maximum absolute atomic E-state index is 12.7.